The van der Waals surface area contributed by atoms with Gasteiger partial charge >= 0.3 is 0 Å². The molecule has 36 heavy (non-hydrogen) atoms. The largest absolute Gasteiger partial charge is 0.392 e. The van der Waals surface area contributed by atoms with Gasteiger partial charge in [0.05, 0.1) is 12.8 Å². The van der Waals surface area contributed by atoms with Crippen LogP contribution < -0.4 is 5.32 Å². The lowest BCUT2D eigenvalue weighted by atomic mass is 9.67. The van der Waals surface area contributed by atoms with E-state index in [9.17, 15) is 15.0 Å². The number of carbonyl (C=O) groups excluding carboxylic acids is 1. The number of halogens is 2. The van der Waals surface area contributed by atoms with Crippen molar-refractivity contribution in [2.75, 3.05) is 13.7 Å². The third-order valence-corrected chi connectivity index (χ3v) is 8.09. The highest BCUT2D eigenvalue weighted by atomic mass is 79.9. The van der Waals surface area contributed by atoms with Crippen LogP contribution in [0.25, 0.3) is 5.82 Å². The number of nitrogens with one attached hydrogen (secondary N) is 1. The topological polar surface area (TPSA) is 149 Å². The first-order valence-corrected chi connectivity index (χ1v) is 12.7. The predicted molar refractivity (Wildman–Crippen MR) is 133 cm³/mol. The van der Waals surface area contributed by atoms with Crippen molar-refractivity contribution in [2.24, 2.45) is 0 Å². The Morgan fingerprint density at radius 3 is 2.81 bits per heavy atom. The third kappa shape index (κ3) is 3.69. The van der Waals surface area contributed by atoms with Crippen molar-refractivity contribution >= 4 is 46.1 Å². The highest BCUT2D eigenvalue weighted by molar-refractivity contribution is 9.10. The Hall–Kier alpha value is -2.07. The summed E-state index contributed by atoms with van der Waals surface area (Å²) in [6, 6.07) is 4.82. The Balaban J connectivity index is 1.82. The maximum atomic E-state index is 14.0. The number of aliphatic hydroxyl groups is 2. The maximum absolute atomic E-state index is 14.0. The molecule has 5 rings (SSSR count). The van der Waals surface area contributed by atoms with Crippen LogP contribution in [0.15, 0.2) is 43.0 Å². The number of amides is 1. The van der Waals surface area contributed by atoms with E-state index in [0.29, 0.717) is 5.56 Å². The molecule has 3 N–H and O–H groups in total. The van der Waals surface area contributed by atoms with Crippen molar-refractivity contribution in [2.45, 2.75) is 46.1 Å². The molecular formula is C21H23BrClN7O5S. The van der Waals surface area contributed by atoms with Gasteiger partial charge in [0, 0.05) is 37.3 Å². The van der Waals surface area contributed by atoms with E-state index in [1.54, 1.807) is 30.6 Å². The Bertz CT molecular complexity index is 1260. The molecule has 2 fully saturated rings. The van der Waals surface area contributed by atoms with Gasteiger partial charge in [-0.15, -0.1) is 17.7 Å². The lowest BCUT2D eigenvalue weighted by Crippen LogP contribution is -2.81. The minimum absolute atomic E-state index is 0.0557. The number of methoxy groups -OCH3 is 1. The van der Waals surface area contributed by atoms with Gasteiger partial charge in [-0.05, 0) is 40.9 Å². The highest BCUT2D eigenvalue weighted by Gasteiger charge is 2.75. The average molecular weight is 601 g/mol. The van der Waals surface area contributed by atoms with E-state index in [0.717, 1.165) is 12.8 Å². The molecule has 1 saturated heterocycles. The number of thiol groups is 1. The monoisotopic (exact) mass is 599 g/mol. The van der Waals surface area contributed by atoms with Crippen LogP contribution in [0.3, 0.4) is 0 Å². The fourth-order valence-electron chi connectivity index (χ4n) is 4.66. The van der Waals surface area contributed by atoms with E-state index < -0.39 is 39.7 Å². The van der Waals surface area contributed by atoms with E-state index >= 15 is 0 Å². The van der Waals surface area contributed by atoms with Crippen LogP contribution in [0.4, 0.5) is 0 Å². The molecule has 3 aromatic heterocycles. The Morgan fingerprint density at radius 1 is 1.44 bits per heavy atom. The standard InChI is InChI=1S/C21H23BrClN7O5S/c1-34-21(17(33)25-13-4-5-13)18(36)35-19(22,11-31)16(32)20(21,12-3-2-7-24-9-12)30-10-15(26-28-30)29-8-6-14(23)27-29/h2-3,6-10,13,16,18,31-32,36H,4-5,11H2,1H3,(H,25,33)/t16-,18+,19+,20?,21-/m0/s1. The molecule has 1 saturated carbocycles. The van der Waals surface area contributed by atoms with Crippen molar-refractivity contribution in [3.63, 3.8) is 0 Å². The van der Waals surface area contributed by atoms with E-state index in [4.69, 9.17) is 21.1 Å². The highest BCUT2D eigenvalue weighted by Crippen LogP contribution is 2.55. The summed E-state index contributed by atoms with van der Waals surface area (Å²) in [5.74, 6) is -0.335. The molecule has 0 radical (unpaired) electrons. The lowest BCUT2D eigenvalue weighted by Gasteiger charge is -2.59. The van der Waals surface area contributed by atoms with Crippen molar-refractivity contribution in [3.05, 3.63) is 53.7 Å². The van der Waals surface area contributed by atoms with Gasteiger partial charge in [-0.25, -0.2) is 9.36 Å². The number of aromatic nitrogens is 6. The molecule has 0 bridgehead atoms. The minimum atomic E-state index is -2.01. The zero-order valence-corrected chi connectivity index (χ0v) is 22.1. The zero-order chi connectivity index (χ0) is 25.7. The van der Waals surface area contributed by atoms with Gasteiger partial charge in [-0.2, -0.15) is 5.10 Å². The number of carbonyl (C=O) groups is 1. The van der Waals surface area contributed by atoms with Gasteiger partial charge in [-0.1, -0.05) is 22.9 Å². The second kappa shape index (κ2) is 9.35. The molecule has 2 aliphatic rings. The molecule has 3 aromatic rings. The summed E-state index contributed by atoms with van der Waals surface area (Å²) < 4.78 is 12.9. The van der Waals surface area contributed by atoms with E-state index in [1.165, 1.54) is 28.9 Å². The average Bonchev–Trinajstić information content (AvgIpc) is 3.36. The number of hydrogen-bond donors (Lipinski definition) is 4. The number of rotatable bonds is 7. The van der Waals surface area contributed by atoms with E-state index in [-0.39, 0.29) is 17.0 Å². The molecule has 1 unspecified atom stereocenters. The quantitative estimate of drug-likeness (QED) is 0.227. The Labute approximate surface area is 224 Å². The first kappa shape index (κ1) is 25.6. The Morgan fingerprint density at radius 2 is 2.22 bits per heavy atom. The van der Waals surface area contributed by atoms with Crippen LogP contribution in [0.5, 0.6) is 0 Å². The normalized spacial score (nSPS) is 32.4. The summed E-state index contributed by atoms with van der Waals surface area (Å²) in [4.78, 5) is 18.3. The zero-order valence-electron chi connectivity index (χ0n) is 18.9. The summed E-state index contributed by atoms with van der Waals surface area (Å²) in [5.41, 5.74) is -4.88. The van der Waals surface area contributed by atoms with Gasteiger partial charge in [0.15, 0.2) is 21.0 Å². The smallest absolute Gasteiger partial charge is 0.259 e. The van der Waals surface area contributed by atoms with Crippen LogP contribution in [0, 0.1) is 0 Å². The van der Waals surface area contributed by atoms with Gasteiger partial charge in [-0.3, -0.25) is 9.78 Å². The van der Waals surface area contributed by atoms with Crippen molar-refractivity contribution in [1.29, 1.82) is 0 Å². The number of alkyl halides is 1. The van der Waals surface area contributed by atoms with Crippen LogP contribution in [-0.2, 0) is 19.8 Å². The molecule has 0 aromatic carbocycles. The van der Waals surface area contributed by atoms with E-state index in [1.807, 2.05) is 0 Å². The second-order valence-electron chi connectivity index (χ2n) is 8.62. The van der Waals surface area contributed by atoms with E-state index in [2.05, 4.69) is 54.3 Å². The fraction of sp³-hybridized carbons (Fsp3) is 0.476. The van der Waals surface area contributed by atoms with Crippen molar-refractivity contribution in [3.8, 4) is 5.82 Å². The molecule has 1 aliphatic carbocycles. The van der Waals surface area contributed by atoms with Crippen LogP contribution in [-0.4, -0.2) is 87.3 Å². The van der Waals surface area contributed by atoms with Gasteiger partial charge in [0.2, 0.25) is 5.60 Å². The van der Waals surface area contributed by atoms with Gasteiger partial charge in [0.1, 0.15) is 11.5 Å². The second-order valence-corrected chi connectivity index (χ2v) is 10.8. The molecule has 1 amide bonds. The predicted octanol–water partition coefficient (Wildman–Crippen LogP) is 0.650. The molecule has 15 heteroatoms. The molecule has 192 valence electrons. The summed E-state index contributed by atoms with van der Waals surface area (Å²) >= 11 is 14.0. The Kier molecular flexibility index (Phi) is 6.64. The number of ether oxygens (including phenoxy) is 2. The minimum Gasteiger partial charge on any atom is -0.392 e. The maximum Gasteiger partial charge on any atom is 0.259 e. The van der Waals surface area contributed by atoms with Gasteiger partial charge in [0.25, 0.3) is 5.91 Å². The first-order valence-electron chi connectivity index (χ1n) is 11.0. The molecular weight excluding hydrogens is 578 g/mol. The summed E-state index contributed by atoms with van der Waals surface area (Å²) in [7, 11) is 1.32. The van der Waals surface area contributed by atoms with Crippen molar-refractivity contribution < 1.29 is 24.5 Å². The molecule has 5 atom stereocenters. The SMILES string of the molecule is CO[C@@]1(C(=O)NC2CC2)[C@@H](S)O[C@](Br)(CO)[C@H](O)C1(c1cccnc1)n1cc(-n2ccc(Cl)n2)nn1. The van der Waals surface area contributed by atoms with Crippen molar-refractivity contribution in [1.82, 2.24) is 35.1 Å². The molecule has 4 heterocycles. The number of pyridine rings is 1. The summed E-state index contributed by atoms with van der Waals surface area (Å²) in [5, 5.41) is 38.2. The molecule has 1 aliphatic heterocycles. The summed E-state index contributed by atoms with van der Waals surface area (Å²) in [6.45, 7) is -0.673. The molecule has 12 nitrogen and oxygen atoms in total. The van der Waals surface area contributed by atoms with Gasteiger partial charge < -0.3 is 25.0 Å². The lowest BCUT2D eigenvalue weighted by molar-refractivity contribution is -0.263. The van der Waals surface area contributed by atoms with Crippen LogP contribution in [0.2, 0.25) is 5.15 Å². The third-order valence-electron chi connectivity index (χ3n) is 6.55. The number of hydrogen-bond acceptors (Lipinski definition) is 10. The first-order chi connectivity index (χ1) is 17.2. The fourth-order valence-corrected chi connectivity index (χ4v) is 6.07. The van der Waals surface area contributed by atoms with Crippen LogP contribution >= 0.6 is 40.2 Å². The number of aliphatic hydroxyl groups excluding tert-OH is 2. The number of nitrogens with zero attached hydrogens (tertiary/aromatic N) is 6. The van der Waals surface area contributed by atoms with Crippen LogP contribution in [0.1, 0.15) is 18.4 Å². The molecule has 0 spiro atoms. The summed E-state index contributed by atoms with van der Waals surface area (Å²) in [6.07, 6.45) is 6.02.